The molecule has 1 aromatic rings. The molecular weight excluding hydrogens is 249 g/mol. The number of hydrogen-bond acceptors (Lipinski definition) is 1. The van der Waals surface area contributed by atoms with Gasteiger partial charge in [-0.1, -0.05) is 32.4 Å². The van der Waals surface area contributed by atoms with Crippen molar-refractivity contribution in [1.82, 2.24) is 5.32 Å². The van der Waals surface area contributed by atoms with Crippen LogP contribution in [0.2, 0.25) is 5.02 Å². The molecule has 1 nitrogen and oxygen atoms in total. The van der Waals surface area contributed by atoms with E-state index in [1.165, 1.54) is 6.07 Å². The molecule has 0 fully saturated rings. The van der Waals surface area contributed by atoms with Crippen LogP contribution in [0.1, 0.15) is 32.8 Å². The van der Waals surface area contributed by atoms with Gasteiger partial charge in [0.2, 0.25) is 0 Å². The van der Waals surface area contributed by atoms with Crippen LogP contribution in [0.3, 0.4) is 0 Å². The van der Waals surface area contributed by atoms with Gasteiger partial charge in [0, 0.05) is 5.02 Å². The van der Waals surface area contributed by atoms with E-state index in [2.05, 4.69) is 26.1 Å². The van der Waals surface area contributed by atoms with Crippen LogP contribution in [0, 0.1) is 17.7 Å². The minimum atomic E-state index is -0.209. The third-order valence-electron chi connectivity index (χ3n) is 2.94. The highest BCUT2D eigenvalue weighted by atomic mass is 35.5. The van der Waals surface area contributed by atoms with E-state index in [1.54, 1.807) is 12.1 Å². The van der Waals surface area contributed by atoms with Gasteiger partial charge < -0.3 is 5.32 Å². The maximum atomic E-state index is 13.1. The standard InChI is InChI=1S/C15H23ClFN/c1-11(2)10-18-7-6-12(3)8-13-9-14(17)4-5-15(13)16/h4-5,9,11-12,18H,6-8,10H2,1-3H3. The van der Waals surface area contributed by atoms with Crippen LogP contribution in [-0.2, 0) is 6.42 Å². The SMILES string of the molecule is CC(C)CNCCC(C)Cc1cc(F)ccc1Cl. The summed E-state index contributed by atoms with van der Waals surface area (Å²) in [6.07, 6.45) is 1.92. The van der Waals surface area contributed by atoms with E-state index in [0.717, 1.165) is 31.5 Å². The second-order valence-electron chi connectivity index (χ2n) is 5.43. The lowest BCUT2D eigenvalue weighted by molar-refractivity contribution is 0.473. The fraction of sp³-hybridized carbons (Fsp3) is 0.600. The van der Waals surface area contributed by atoms with Gasteiger partial charge in [-0.2, -0.15) is 0 Å². The molecule has 0 aliphatic carbocycles. The highest BCUT2D eigenvalue weighted by molar-refractivity contribution is 6.31. The number of halogens is 2. The molecule has 1 unspecified atom stereocenters. The molecule has 0 saturated heterocycles. The fourth-order valence-electron chi connectivity index (χ4n) is 1.92. The van der Waals surface area contributed by atoms with Crippen LogP contribution < -0.4 is 5.32 Å². The summed E-state index contributed by atoms with van der Waals surface area (Å²) in [6, 6.07) is 4.58. The van der Waals surface area contributed by atoms with Gasteiger partial charge >= 0.3 is 0 Å². The zero-order valence-corrected chi connectivity index (χ0v) is 12.2. The normalized spacial score (nSPS) is 13.0. The lowest BCUT2D eigenvalue weighted by Gasteiger charge is -2.14. The van der Waals surface area contributed by atoms with Crippen molar-refractivity contribution in [2.75, 3.05) is 13.1 Å². The summed E-state index contributed by atoms with van der Waals surface area (Å²) < 4.78 is 13.1. The van der Waals surface area contributed by atoms with Crippen molar-refractivity contribution in [3.8, 4) is 0 Å². The van der Waals surface area contributed by atoms with Crippen LogP contribution in [0.15, 0.2) is 18.2 Å². The Morgan fingerprint density at radius 2 is 2.00 bits per heavy atom. The van der Waals surface area contributed by atoms with E-state index in [4.69, 9.17) is 11.6 Å². The van der Waals surface area contributed by atoms with Gasteiger partial charge in [0.05, 0.1) is 0 Å². The Morgan fingerprint density at radius 1 is 1.28 bits per heavy atom. The van der Waals surface area contributed by atoms with E-state index in [0.29, 0.717) is 16.9 Å². The zero-order chi connectivity index (χ0) is 13.5. The molecule has 0 spiro atoms. The maximum absolute atomic E-state index is 13.1. The molecular formula is C15H23ClFN. The molecule has 1 aromatic carbocycles. The first-order valence-electron chi connectivity index (χ1n) is 6.63. The lowest BCUT2D eigenvalue weighted by atomic mass is 9.98. The summed E-state index contributed by atoms with van der Waals surface area (Å²) >= 11 is 6.06. The lowest BCUT2D eigenvalue weighted by Crippen LogP contribution is -2.22. The molecule has 0 amide bonds. The highest BCUT2D eigenvalue weighted by Gasteiger charge is 2.08. The minimum Gasteiger partial charge on any atom is -0.316 e. The van der Waals surface area contributed by atoms with Gasteiger partial charge in [0.1, 0.15) is 5.82 Å². The van der Waals surface area contributed by atoms with Crippen molar-refractivity contribution in [1.29, 1.82) is 0 Å². The van der Waals surface area contributed by atoms with Crippen molar-refractivity contribution < 1.29 is 4.39 Å². The first-order chi connectivity index (χ1) is 8.49. The van der Waals surface area contributed by atoms with Gasteiger partial charge in [0.15, 0.2) is 0 Å². The number of nitrogens with one attached hydrogen (secondary N) is 1. The largest absolute Gasteiger partial charge is 0.316 e. The van der Waals surface area contributed by atoms with Crippen molar-refractivity contribution in [3.63, 3.8) is 0 Å². The number of benzene rings is 1. The summed E-state index contributed by atoms with van der Waals surface area (Å²) in [5.74, 6) is 0.974. The van der Waals surface area contributed by atoms with E-state index >= 15 is 0 Å². The first kappa shape index (κ1) is 15.5. The molecule has 0 saturated carbocycles. The van der Waals surface area contributed by atoms with Gasteiger partial charge in [-0.25, -0.2) is 4.39 Å². The van der Waals surface area contributed by atoms with Crippen molar-refractivity contribution in [2.45, 2.75) is 33.6 Å². The molecule has 0 radical (unpaired) electrons. The van der Waals surface area contributed by atoms with Gasteiger partial charge in [-0.3, -0.25) is 0 Å². The van der Waals surface area contributed by atoms with Gasteiger partial charge in [0.25, 0.3) is 0 Å². The Kier molecular flexibility index (Phi) is 6.66. The molecule has 0 aliphatic rings. The second kappa shape index (κ2) is 7.75. The molecule has 1 rings (SSSR count). The molecule has 18 heavy (non-hydrogen) atoms. The van der Waals surface area contributed by atoms with Crippen LogP contribution >= 0.6 is 11.6 Å². The van der Waals surface area contributed by atoms with Crippen LogP contribution in [-0.4, -0.2) is 13.1 Å². The summed E-state index contributed by atoms with van der Waals surface area (Å²) in [5.41, 5.74) is 0.910. The van der Waals surface area contributed by atoms with Crippen LogP contribution in [0.4, 0.5) is 4.39 Å². The Hall–Kier alpha value is -0.600. The zero-order valence-electron chi connectivity index (χ0n) is 11.5. The third kappa shape index (κ3) is 5.83. The Morgan fingerprint density at radius 3 is 2.67 bits per heavy atom. The summed E-state index contributed by atoms with van der Waals surface area (Å²) in [4.78, 5) is 0. The fourth-order valence-corrected chi connectivity index (χ4v) is 2.11. The summed E-state index contributed by atoms with van der Waals surface area (Å²) in [6.45, 7) is 8.63. The van der Waals surface area contributed by atoms with Crippen molar-refractivity contribution >= 4 is 11.6 Å². The summed E-state index contributed by atoms with van der Waals surface area (Å²) in [5, 5.41) is 4.09. The second-order valence-corrected chi connectivity index (χ2v) is 5.84. The first-order valence-corrected chi connectivity index (χ1v) is 7.01. The van der Waals surface area contributed by atoms with Crippen molar-refractivity contribution in [3.05, 3.63) is 34.6 Å². The molecule has 102 valence electrons. The third-order valence-corrected chi connectivity index (χ3v) is 3.31. The van der Waals surface area contributed by atoms with E-state index in [1.807, 2.05) is 0 Å². The smallest absolute Gasteiger partial charge is 0.123 e. The minimum absolute atomic E-state index is 0.209. The van der Waals surface area contributed by atoms with Crippen molar-refractivity contribution in [2.24, 2.45) is 11.8 Å². The van der Waals surface area contributed by atoms with Gasteiger partial charge in [-0.15, -0.1) is 0 Å². The Balaban J connectivity index is 2.35. The van der Waals surface area contributed by atoms with Crippen LogP contribution in [0.25, 0.3) is 0 Å². The molecule has 1 atom stereocenters. The van der Waals surface area contributed by atoms with Gasteiger partial charge in [-0.05, 0) is 61.5 Å². The summed E-state index contributed by atoms with van der Waals surface area (Å²) in [7, 11) is 0. The van der Waals surface area contributed by atoms with E-state index in [9.17, 15) is 4.39 Å². The quantitative estimate of drug-likeness (QED) is 0.730. The molecule has 0 heterocycles. The van der Waals surface area contributed by atoms with E-state index < -0.39 is 0 Å². The predicted molar refractivity (Wildman–Crippen MR) is 76.6 cm³/mol. The average Bonchev–Trinajstić information content (AvgIpc) is 2.29. The molecule has 0 aliphatic heterocycles. The topological polar surface area (TPSA) is 12.0 Å². The van der Waals surface area contributed by atoms with E-state index in [-0.39, 0.29) is 5.82 Å². The molecule has 0 bridgehead atoms. The Labute approximate surface area is 115 Å². The molecule has 0 aromatic heterocycles. The maximum Gasteiger partial charge on any atom is 0.123 e. The number of rotatable bonds is 7. The Bertz CT molecular complexity index is 366. The molecule has 3 heteroatoms. The monoisotopic (exact) mass is 271 g/mol. The predicted octanol–water partition coefficient (Wildman–Crippen LogP) is 4.29. The average molecular weight is 272 g/mol. The molecule has 1 N–H and O–H groups in total. The highest BCUT2D eigenvalue weighted by Crippen LogP contribution is 2.21. The number of hydrogen-bond donors (Lipinski definition) is 1. The van der Waals surface area contributed by atoms with Crippen LogP contribution in [0.5, 0.6) is 0 Å².